The van der Waals surface area contributed by atoms with Crippen molar-refractivity contribution in [3.05, 3.63) is 0 Å². The highest BCUT2D eigenvalue weighted by molar-refractivity contribution is 7.99. The van der Waals surface area contributed by atoms with Crippen LogP contribution >= 0.6 is 11.8 Å². The molecule has 0 aromatic heterocycles. The summed E-state index contributed by atoms with van der Waals surface area (Å²) >= 11 is 1.94. The van der Waals surface area contributed by atoms with Gasteiger partial charge in [-0.25, -0.2) is 4.79 Å². The van der Waals surface area contributed by atoms with Gasteiger partial charge in [0.2, 0.25) is 0 Å². The number of carbonyl (C=O) groups is 2. The number of aliphatic carboxylic acids is 1. The monoisotopic (exact) mass is 288 g/mol. The van der Waals surface area contributed by atoms with Crippen molar-refractivity contribution in [1.29, 1.82) is 0 Å². The quantitative estimate of drug-likeness (QED) is 0.638. The van der Waals surface area contributed by atoms with Crippen molar-refractivity contribution < 1.29 is 14.7 Å². The van der Waals surface area contributed by atoms with Gasteiger partial charge in [-0.05, 0) is 42.6 Å². The van der Waals surface area contributed by atoms with E-state index in [-0.39, 0.29) is 12.5 Å². The Kier molecular flexibility index (Phi) is 7.70. The van der Waals surface area contributed by atoms with E-state index in [4.69, 9.17) is 5.11 Å². The predicted octanol–water partition coefficient (Wildman–Crippen LogP) is 1.93. The van der Waals surface area contributed by atoms with Gasteiger partial charge in [-0.3, -0.25) is 4.79 Å². The molecule has 1 heterocycles. The van der Waals surface area contributed by atoms with Crippen LogP contribution in [-0.2, 0) is 4.79 Å². The minimum absolute atomic E-state index is 0.109. The van der Waals surface area contributed by atoms with E-state index in [0.29, 0.717) is 24.8 Å². The van der Waals surface area contributed by atoms with Crippen LogP contribution in [0.2, 0.25) is 0 Å². The van der Waals surface area contributed by atoms with E-state index in [0.717, 1.165) is 18.7 Å². The maximum Gasteiger partial charge on any atom is 0.314 e. The summed E-state index contributed by atoms with van der Waals surface area (Å²) in [5.74, 6) is 2.53. The zero-order chi connectivity index (χ0) is 14.1. The van der Waals surface area contributed by atoms with Crippen LogP contribution < -0.4 is 10.6 Å². The number of nitrogens with one attached hydrogen (secondary N) is 2. The maximum absolute atomic E-state index is 11.5. The second-order valence-corrected chi connectivity index (χ2v) is 6.34. The smallest absolute Gasteiger partial charge is 0.314 e. The number of carboxylic acids is 1. The Labute approximate surface area is 118 Å². The molecule has 110 valence electrons. The maximum atomic E-state index is 11.5. The van der Waals surface area contributed by atoms with Crippen LogP contribution in [0.4, 0.5) is 4.79 Å². The van der Waals surface area contributed by atoms with Crippen molar-refractivity contribution in [3.8, 4) is 0 Å². The molecule has 5 nitrogen and oxygen atoms in total. The normalized spacial score (nSPS) is 19.9. The number of hydrogen-bond donors (Lipinski definition) is 3. The Morgan fingerprint density at radius 2 is 2.16 bits per heavy atom. The van der Waals surface area contributed by atoms with Crippen molar-refractivity contribution in [2.75, 3.05) is 24.6 Å². The predicted molar refractivity (Wildman–Crippen MR) is 77.5 cm³/mol. The van der Waals surface area contributed by atoms with Gasteiger partial charge in [0.25, 0.3) is 0 Å². The summed E-state index contributed by atoms with van der Waals surface area (Å²) in [5, 5.41) is 14.3. The molecular weight excluding hydrogens is 264 g/mol. The van der Waals surface area contributed by atoms with Crippen molar-refractivity contribution in [2.45, 2.75) is 32.6 Å². The second kappa shape index (κ2) is 9.07. The number of carbonyl (C=O) groups excluding carboxylic acids is 1. The zero-order valence-corrected chi connectivity index (χ0v) is 12.3. The van der Waals surface area contributed by atoms with E-state index in [1.807, 2.05) is 18.7 Å². The fourth-order valence-corrected chi connectivity index (χ4v) is 3.27. The molecule has 0 aliphatic carbocycles. The molecule has 0 radical (unpaired) electrons. The molecule has 1 fully saturated rings. The first kappa shape index (κ1) is 16.1. The van der Waals surface area contributed by atoms with Crippen molar-refractivity contribution in [1.82, 2.24) is 10.6 Å². The van der Waals surface area contributed by atoms with E-state index in [2.05, 4.69) is 10.6 Å². The Hall–Kier alpha value is -0.910. The SMILES string of the molecule is CC(CCNC(=O)NCC1CCSC1)CCC(=O)O. The average Bonchev–Trinajstić information content (AvgIpc) is 2.87. The van der Waals surface area contributed by atoms with E-state index in [9.17, 15) is 9.59 Å². The molecule has 0 aromatic rings. The number of thioether (sulfide) groups is 1. The molecule has 1 rings (SSSR count). The van der Waals surface area contributed by atoms with Gasteiger partial charge in [-0.2, -0.15) is 11.8 Å². The van der Waals surface area contributed by atoms with Gasteiger partial charge >= 0.3 is 12.0 Å². The lowest BCUT2D eigenvalue weighted by Gasteiger charge is -2.13. The van der Waals surface area contributed by atoms with Crippen molar-refractivity contribution in [2.24, 2.45) is 11.8 Å². The van der Waals surface area contributed by atoms with Crippen LogP contribution in [0.25, 0.3) is 0 Å². The molecule has 2 atom stereocenters. The van der Waals surface area contributed by atoms with E-state index < -0.39 is 5.97 Å². The van der Waals surface area contributed by atoms with Gasteiger partial charge in [0.1, 0.15) is 0 Å². The molecule has 1 aliphatic heterocycles. The lowest BCUT2D eigenvalue weighted by Crippen LogP contribution is -2.39. The van der Waals surface area contributed by atoms with Gasteiger partial charge in [-0.1, -0.05) is 6.92 Å². The molecule has 3 N–H and O–H groups in total. The first-order valence-corrected chi connectivity index (χ1v) is 8.04. The van der Waals surface area contributed by atoms with E-state index in [1.165, 1.54) is 12.2 Å². The van der Waals surface area contributed by atoms with E-state index in [1.54, 1.807) is 0 Å². The average molecular weight is 288 g/mol. The molecule has 0 bridgehead atoms. The second-order valence-electron chi connectivity index (χ2n) is 5.19. The summed E-state index contributed by atoms with van der Waals surface area (Å²) in [6, 6.07) is -0.109. The highest BCUT2D eigenvalue weighted by Gasteiger charge is 2.15. The molecule has 19 heavy (non-hydrogen) atoms. The Balaban J connectivity index is 1.98. The van der Waals surface area contributed by atoms with Crippen LogP contribution in [0.15, 0.2) is 0 Å². The minimum atomic E-state index is -0.757. The van der Waals surface area contributed by atoms with Crippen LogP contribution in [0, 0.1) is 11.8 Å². The third-order valence-corrected chi connectivity index (χ3v) is 4.58. The largest absolute Gasteiger partial charge is 0.481 e. The van der Waals surface area contributed by atoms with Crippen LogP contribution in [0.1, 0.15) is 32.6 Å². The summed E-state index contributed by atoms with van der Waals surface area (Å²) in [5.41, 5.74) is 0. The third-order valence-electron chi connectivity index (χ3n) is 3.35. The molecule has 6 heteroatoms. The summed E-state index contributed by atoms with van der Waals surface area (Å²) in [6.45, 7) is 3.37. The summed E-state index contributed by atoms with van der Waals surface area (Å²) in [6.07, 6.45) is 2.88. The zero-order valence-electron chi connectivity index (χ0n) is 11.5. The molecular formula is C13H24N2O3S. The standard InChI is InChI=1S/C13H24N2O3S/c1-10(2-3-12(16)17)4-6-14-13(18)15-8-11-5-7-19-9-11/h10-11H,2-9H2,1H3,(H,16,17)(H2,14,15,18). The number of rotatable bonds is 8. The van der Waals surface area contributed by atoms with Crippen molar-refractivity contribution in [3.63, 3.8) is 0 Å². The number of urea groups is 1. The van der Waals surface area contributed by atoms with Crippen molar-refractivity contribution >= 4 is 23.8 Å². The fourth-order valence-electron chi connectivity index (χ4n) is 1.99. The first-order valence-electron chi connectivity index (χ1n) is 6.89. The topological polar surface area (TPSA) is 78.4 Å². The summed E-state index contributed by atoms with van der Waals surface area (Å²) < 4.78 is 0. The molecule has 2 unspecified atom stereocenters. The third kappa shape index (κ3) is 7.97. The fraction of sp³-hybridized carbons (Fsp3) is 0.846. The highest BCUT2D eigenvalue weighted by Crippen LogP contribution is 2.22. The summed E-state index contributed by atoms with van der Waals surface area (Å²) in [7, 11) is 0. The molecule has 0 aromatic carbocycles. The Bertz CT molecular complexity index is 294. The van der Waals surface area contributed by atoms with Gasteiger partial charge in [0.05, 0.1) is 0 Å². The van der Waals surface area contributed by atoms with Gasteiger partial charge in [0, 0.05) is 19.5 Å². The number of amides is 2. The lowest BCUT2D eigenvalue weighted by atomic mass is 10.0. The molecule has 2 amide bonds. The highest BCUT2D eigenvalue weighted by atomic mass is 32.2. The van der Waals surface area contributed by atoms with E-state index >= 15 is 0 Å². The summed E-state index contributed by atoms with van der Waals surface area (Å²) in [4.78, 5) is 21.9. The Morgan fingerprint density at radius 1 is 1.37 bits per heavy atom. The van der Waals surface area contributed by atoms with Gasteiger partial charge in [0.15, 0.2) is 0 Å². The van der Waals surface area contributed by atoms with Gasteiger partial charge in [-0.15, -0.1) is 0 Å². The number of hydrogen-bond acceptors (Lipinski definition) is 3. The molecule has 1 aliphatic rings. The minimum Gasteiger partial charge on any atom is -0.481 e. The number of carboxylic acid groups (broad SMARTS) is 1. The van der Waals surface area contributed by atoms with Crippen LogP contribution in [0.3, 0.4) is 0 Å². The van der Waals surface area contributed by atoms with Crippen LogP contribution in [0.5, 0.6) is 0 Å². The Morgan fingerprint density at radius 3 is 2.79 bits per heavy atom. The van der Waals surface area contributed by atoms with Crippen LogP contribution in [-0.4, -0.2) is 41.7 Å². The molecule has 0 saturated carbocycles. The lowest BCUT2D eigenvalue weighted by molar-refractivity contribution is -0.137. The van der Waals surface area contributed by atoms with Gasteiger partial charge < -0.3 is 15.7 Å². The molecule has 0 spiro atoms. The molecule has 1 saturated heterocycles. The first-order chi connectivity index (χ1) is 9.08.